The van der Waals surface area contributed by atoms with E-state index in [9.17, 15) is 18.0 Å². The number of benzene rings is 1. The van der Waals surface area contributed by atoms with Crippen LogP contribution >= 0.6 is 0 Å². The van der Waals surface area contributed by atoms with Crippen molar-refractivity contribution in [1.82, 2.24) is 10.0 Å². The van der Waals surface area contributed by atoms with Crippen LogP contribution in [-0.4, -0.2) is 43.8 Å². The van der Waals surface area contributed by atoms with E-state index in [2.05, 4.69) is 10.0 Å². The van der Waals surface area contributed by atoms with Crippen molar-refractivity contribution in [3.63, 3.8) is 0 Å². The number of carbonyl (C=O) groups excluding carboxylic acids is 1. The first-order valence-electron chi connectivity index (χ1n) is 7.19. The van der Waals surface area contributed by atoms with E-state index in [-0.39, 0.29) is 4.90 Å². The second kappa shape index (κ2) is 7.63. The van der Waals surface area contributed by atoms with E-state index in [1.54, 1.807) is 32.9 Å². The molecule has 0 aromatic heterocycles. The summed E-state index contributed by atoms with van der Waals surface area (Å²) in [6.07, 6.45) is -0.940. The maximum absolute atomic E-state index is 12.1. The number of ether oxygens (including phenoxy) is 1. The fourth-order valence-electron chi connectivity index (χ4n) is 1.64. The van der Waals surface area contributed by atoms with Crippen LogP contribution in [0.5, 0.6) is 0 Å². The van der Waals surface area contributed by atoms with E-state index >= 15 is 0 Å². The largest absolute Gasteiger partial charge is 0.480 e. The van der Waals surface area contributed by atoms with Gasteiger partial charge < -0.3 is 15.2 Å². The van der Waals surface area contributed by atoms with Crippen LogP contribution in [0.1, 0.15) is 26.3 Å². The van der Waals surface area contributed by atoms with Gasteiger partial charge in [0.1, 0.15) is 11.6 Å². The van der Waals surface area contributed by atoms with E-state index < -0.39 is 40.3 Å². The first-order chi connectivity index (χ1) is 10.9. The van der Waals surface area contributed by atoms with Crippen LogP contribution in [0.15, 0.2) is 29.2 Å². The van der Waals surface area contributed by atoms with Crippen LogP contribution in [0, 0.1) is 6.92 Å². The highest BCUT2D eigenvalue weighted by Crippen LogP contribution is 2.10. The second-order valence-corrected chi connectivity index (χ2v) is 7.97. The number of alkyl carbamates (subject to hydrolysis) is 1. The van der Waals surface area contributed by atoms with Gasteiger partial charge in [-0.05, 0) is 39.8 Å². The Bertz CT molecular complexity index is 692. The summed E-state index contributed by atoms with van der Waals surface area (Å²) in [6, 6.07) is 4.62. The van der Waals surface area contributed by atoms with Crippen LogP contribution in [-0.2, 0) is 19.6 Å². The lowest BCUT2D eigenvalue weighted by molar-refractivity contribution is -0.139. The number of hydrogen-bond acceptors (Lipinski definition) is 5. The average molecular weight is 358 g/mol. The number of nitrogens with one attached hydrogen (secondary N) is 2. The van der Waals surface area contributed by atoms with Crippen molar-refractivity contribution < 1.29 is 27.9 Å². The van der Waals surface area contributed by atoms with Gasteiger partial charge >= 0.3 is 12.1 Å². The van der Waals surface area contributed by atoms with Crippen molar-refractivity contribution in [3.05, 3.63) is 29.8 Å². The molecule has 0 heterocycles. The summed E-state index contributed by atoms with van der Waals surface area (Å²) in [6.45, 7) is 6.19. The third-order valence-corrected chi connectivity index (χ3v) is 4.24. The lowest BCUT2D eigenvalue weighted by Gasteiger charge is -2.22. The molecule has 24 heavy (non-hydrogen) atoms. The van der Waals surface area contributed by atoms with E-state index in [4.69, 9.17) is 9.84 Å². The molecular formula is C15H22N2O6S. The molecule has 1 aromatic carbocycles. The quantitative estimate of drug-likeness (QED) is 0.703. The molecule has 134 valence electrons. The first-order valence-corrected chi connectivity index (χ1v) is 8.68. The van der Waals surface area contributed by atoms with Gasteiger partial charge in [0.2, 0.25) is 10.0 Å². The molecule has 0 spiro atoms. The minimum atomic E-state index is -3.88. The van der Waals surface area contributed by atoms with E-state index in [0.717, 1.165) is 5.56 Å². The summed E-state index contributed by atoms with van der Waals surface area (Å²) in [4.78, 5) is 22.8. The number of sulfonamides is 1. The number of rotatable bonds is 6. The fourth-order valence-corrected chi connectivity index (χ4v) is 2.69. The molecule has 8 nitrogen and oxygen atoms in total. The van der Waals surface area contributed by atoms with Gasteiger partial charge in [-0.1, -0.05) is 17.7 Å². The highest BCUT2D eigenvalue weighted by atomic mass is 32.2. The fraction of sp³-hybridized carbons (Fsp3) is 0.467. The molecule has 0 bridgehead atoms. The molecule has 0 unspecified atom stereocenters. The minimum absolute atomic E-state index is 0.00880. The van der Waals surface area contributed by atoms with Crippen molar-refractivity contribution in [1.29, 1.82) is 0 Å². The maximum atomic E-state index is 12.1. The Labute approximate surface area is 141 Å². The molecule has 9 heteroatoms. The highest BCUT2D eigenvalue weighted by Gasteiger charge is 2.26. The van der Waals surface area contributed by atoms with Crippen molar-refractivity contribution in [2.75, 3.05) is 6.54 Å². The summed E-state index contributed by atoms with van der Waals surface area (Å²) in [5.41, 5.74) is 0.0955. The van der Waals surface area contributed by atoms with Crippen LogP contribution in [0.25, 0.3) is 0 Å². The number of amides is 1. The van der Waals surface area contributed by atoms with E-state index in [0.29, 0.717) is 0 Å². The molecule has 0 radical (unpaired) electrons. The Kier molecular flexibility index (Phi) is 6.33. The number of carboxylic acids is 1. The molecule has 0 aliphatic carbocycles. The molecule has 0 aliphatic rings. The number of hydrogen-bond donors (Lipinski definition) is 3. The smallest absolute Gasteiger partial charge is 0.408 e. The zero-order chi connectivity index (χ0) is 18.5. The Morgan fingerprint density at radius 1 is 1.21 bits per heavy atom. The molecule has 0 saturated heterocycles. The van der Waals surface area contributed by atoms with Crippen molar-refractivity contribution in [2.24, 2.45) is 0 Å². The molecular weight excluding hydrogens is 336 g/mol. The number of carboxylic acid groups (broad SMARTS) is 1. The van der Waals surface area contributed by atoms with Gasteiger partial charge in [0.15, 0.2) is 0 Å². The van der Waals surface area contributed by atoms with Crippen molar-refractivity contribution >= 4 is 22.1 Å². The summed E-state index contributed by atoms with van der Waals surface area (Å²) in [5, 5.41) is 11.2. The topological polar surface area (TPSA) is 122 Å². The molecule has 1 aromatic rings. The Hall–Kier alpha value is -2.13. The Morgan fingerprint density at radius 3 is 2.21 bits per heavy atom. The van der Waals surface area contributed by atoms with Crippen LogP contribution in [0.4, 0.5) is 4.79 Å². The molecule has 3 N–H and O–H groups in total. The molecule has 0 aliphatic heterocycles. The van der Waals surface area contributed by atoms with Crippen molar-refractivity contribution in [2.45, 2.75) is 44.2 Å². The Morgan fingerprint density at radius 2 is 1.75 bits per heavy atom. The molecule has 1 rings (SSSR count). The third-order valence-electron chi connectivity index (χ3n) is 2.80. The van der Waals surface area contributed by atoms with Crippen molar-refractivity contribution in [3.8, 4) is 0 Å². The predicted molar refractivity (Wildman–Crippen MR) is 87.2 cm³/mol. The highest BCUT2D eigenvalue weighted by molar-refractivity contribution is 7.89. The number of aliphatic carboxylic acids is 1. The standard InChI is InChI=1S/C15H22N2O6S/c1-10-5-7-11(8-6-10)24(21,22)16-9-12(13(18)19)17-14(20)23-15(2,3)4/h5-8,12,16H,9H2,1-4H3,(H,17,20)(H,18,19)/t12-/m0/s1. The molecule has 1 atom stereocenters. The van der Waals surface area contributed by atoms with Gasteiger partial charge in [-0.15, -0.1) is 0 Å². The zero-order valence-electron chi connectivity index (χ0n) is 14.0. The van der Waals surface area contributed by atoms with Gasteiger partial charge in [-0.3, -0.25) is 0 Å². The minimum Gasteiger partial charge on any atom is -0.480 e. The second-order valence-electron chi connectivity index (χ2n) is 6.20. The SMILES string of the molecule is Cc1ccc(S(=O)(=O)NC[C@H](NC(=O)OC(C)(C)C)C(=O)O)cc1. The van der Waals surface area contributed by atoms with Gasteiger partial charge in [0, 0.05) is 6.54 Å². The predicted octanol–water partition coefficient (Wildman–Crippen LogP) is 1.25. The van der Waals surface area contributed by atoms with Gasteiger partial charge in [-0.25, -0.2) is 22.7 Å². The summed E-state index contributed by atoms with van der Waals surface area (Å²) in [7, 11) is -3.88. The first kappa shape index (κ1) is 19.9. The van der Waals surface area contributed by atoms with Crippen LogP contribution in [0.2, 0.25) is 0 Å². The summed E-state index contributed by atoms with van der Waals surface area (Å²) >= 11 is 0. The average Bonchev–Trinajstić information content (AvgIpc) is 2.41. The Balaban J connectivity index is 2.74. The van der Waals surface area contributed by atoms with E-state index in [1.165, 1.54) is 12.1 Å². The number of carbonyl (C=O) groups is 2. The number of aryl methyl sites for hydroxylation is 1. The zero-order valence-corrected chi connectivity index (χ0v) is 14.8. The molecule has 1 amide bonds. The molecule has 0 saturated carbocycles. The normalized spacial score (nSPS) is 13.2. The monoisotopic (exact) mass is 358 g/mol. The van der Waals surface area contributed by atoms with Gasteiger partial charge in [0.05, 0.1) is 4.90 Å². The molecule has 0 fully saturated rings. The van der Waals surface area contributed by atoms with Crippen LogP contribution < -0.4 is 10.0 Å². The third kappa shape index (κ3) is 6.55. The van der Waals surface area contributed by atoms with Gasteiger partial charge in [0.25, 0.3) is 0 Å². The van der Waals surface area contributed by atoms with Crippen LogP contribution in [0.3, 0.4) is 0 Å². The van der Waals surface area contributed by atoms with E-state index in [1.807, 2.05) is 6.92 Å². The lowest BCUT2D eigenvalue weighted by atomic mass is 10.2. The summed E-state index contributed by atoms with van der Waals surface area (Å²) < 4.78 is 31.4. The maximum Gasteiger partial charge on any atom is 0.408 e. The van der Waals surface area contributed by atoms with Gasteiger partial charge in [-0.2, -0.15) is 0 Å². The lowest BCUT2D eigenvalue weighted by Crippen LogP contribution is -2.49. The summed E-state index contributed by atoms with van der Waals surface area (Å²) in [5.74, 6) is -1.38.